The highest BCUT2D eigenvalue weighted by Crippen LogP contribution is 2.69. The molecule has 0 radical (unpaired) electrons. The van der Waals surface area contributed by atoms with Crippen molar-refractivity contribution in [2.24, 2.45) is 63.5 Å². The van der Waals surface area contributed by atoms with Crippen LogP contribution < -0.4 is 22.5 Å². The van der Waals surface area contributed by atoms with E-state index in [1.165, 1.54) is 51.0 Å². The lowest BCUT2D eigenvalue weighted by Gasteiger charge is -2.65. The number of nitrogens with two attached hydrogens (primary N) is 3. The number of unbranched alkanes of at least 4 members (excludes halogenated alkanes) is 7. The maximum atomic E-state index is 14.4. The molecule has 7 N–H and O–H groups in total. The smallest absolute Gasteiger partial charge is 0.300 e. The van der Waals surface area contributed by atoms with Gasteiger partial charge in [0.1, 0.15) is 6.54 Å². The van der Waals surface area contributed by atoms with Crippen LogP contribution in [0.1, 0.15) is 169 Å². The Bertz CT molecular complexity index is 2060. The van der Waals surface area contributed by atoms with Gasteiger partial charge >= 0.3 is 5.69 Å². The highest BCUT2D eigenvalue weighted by Gasteiger charge is 2.66. The molecule has 4 aliphatic rings. The molecule has 1 aromatic carbocycles. The molecular formula is C58H99N9O8. The van der Waals surface area contributed by atoms with Crippen LogP contribution in [-0.2, 0) is 23.8 Å². The number of carbonyl (C=O) groups is 2. The van der Waals surface area contributed by atoms with Crippen molar-refractivity contribution in [3.8, 4) is 0 Å². The van der Waals surface area contributed by atoms with Gasteiger partial charge in [-0.25, -0.2) is 4.63 Å². The number of non-ortho nitro benzene ring substituents is 1. The lowest BCUT2D eigenvalue weighted by molar-refractivity contribution is -0.383. The minimum atomic E-state index is -0.507. The Balaban J connectivity index is 1.08. The van der Waals surface area contributed by atoms with E-state index in [4.69, 9.17) is 36.0 Å². The normalized spacial score (nSPS) is 27.6. The zero-order valence-corrected chi connectivity index (χ0v) is 46.7. The number of anilines is 1. The number of hydrogen-bond acceptors (Lipinski definition) is 14. The molecule has 2 amide bonds. The van der Waals surface area contributed by atoms with Gasteiger partial charge in [-0.05, 0) is 173 Å². The van der Waals surface area contributed by atoms with E-state index in [1.807, 2.05) is 4.90 Å². The van der Waals surface area contributed by atoms with Gasteiger partial charge in [0.25, 0.3) is 0 Å². The molecule has 0 spiro atoms. The van der Waals surface area contributed by atoms with Crippen LogP contribution in [0.2, 0.25) is 0 Å². The summed E-state index contributed by atoms with van der Waals surface area (Å²) in [6, 6.07) is 3.00. The summed E-state index contributed by atoms with van der Waals surface area (Å²) in [5, 5.41) is 22.2. The van der Waals surface area contributed by atoms with Crippen molar-refractivity contribution >= 4 is 34.2 Å². The standard InChI is InChI=1S/C58H99N9O8/c1-6-8-9-10-11-15-33-65(53(69)41-66(32-7-2)52(68)21-13-12-14-31-62-48-24-25-49(67(70)71)56-55(48)63-75-64-56)34-16-20-42(3)45-22-23-46-54-47(40-51(58(45,46)5)74-37-19-30-61)57(4)27-26-44(72-35-17-28-59)38-43(57)39-50(54)73-36-18-29-60/h7,24-25,42-47,50-51,54,62H,2,6,8-23,26-41,59-61H2,1,3-5H3/t42-,43?,44-,45-,46+,47+,50-,51+,54?,57+,58-/m1/s1. The van der Waals surface area contributed by atoms with Crippen LogP contribution in [0.3, 0.4) is 0 Å². The summed E-state index contributed by atoms with van der Waals surface area (Å²) in [5.41, 5.74) is 19.0. The molecule has 0 bridgehead atoms. The van der Waals surface area contributed by atoms with Crippen LogP contribution in [0.15, 0.2) is 29.4 Å². The highest BCUT2D eigenvalue weighted by atomic mass is 16.6. The average molecular weight is 1050 g/mol. The molecule has 2 unspecified atom stereocenters. The minimum Gasteiger partial charge on any atom is -0.383 e. The van der Waals surface area contributed by atoms with Crippen molar-refractivity contribution < 1.29 is 33.4 Å². The van der Waals surface area contributed by atoms with Gasteiger partial charge in [0.2, 0.25) is 17.3 Å². The van der Waals surface area contributed by atoms with Gasteiger partial charge in [-0.3, -0.25) is 19.7 Å². The van der Waals surface area contributed by atoms with Gasteiger partial charge in [-0.1, -0.05) is 72.3 Å². The van der Waals surface area contributed by atoms with Gasteiger partial charge in [0, 0.05) is 63.9 Å². The number of nitrogens with one attached hydrogen (secondary N) is 1. The first-order valence-corrected chi connectivity index (χ1v) is 29.6. The van der Waals surface area contributed by atoms with Crippen LogP contribution in [0.5, 0.6) is 0 Å². The Morgan fingerprint density at radius 1 is 0.840 bits per heavy atom. The molecule has 1 heterocycles. The Hall–Kier alpha value is -3.74. The summed E-state index contributed by atoms with van der Waals surface area (Å²) >= 11 is 0. The predicted molar refractivity (Wildman–Crippen MR) is 297 cm³/mol. The first-order chi connectivity index (χ1) is 36.4. The fourth-order valence-electron chi connectivity index (χ4n) is 14.6. The van der Waals surface area contributed by atoms with E-state index >= 15 is 0 Å². The number of nitro groups is 1. The third kappa shape index (κ3) is 15.5. The number of nitro benzene ring substituents is 1. The number of ether oxygens (including phenoxy) is 3. The minimum absolute atomic E-state index is 0.00730. The van der Waals surface area contributed by atoms with Crippen LogP contribution >= 0.6 is 0 Å². The summed E-state index contributed by atoms with van der Waals surface area (Å²) in [7, 11) is 0. The molecule has 0 saturated heterocycles. The van der Waals surface area contributed by atoms with E-state index in [0.29, 0.717) is 119 Å². The summed E-state index contributed by atoms with van der Waals surface area (Å²) in [6.07, 6.45) is 24.1. The Kier molecular flexibility index (Phi) is 24.5. The molecule has 11 atom stereocenters. The predicted octanol–water partition coefficient (Wildman–Crippen LogP) is 9.80. The quantitative estimate of drug-likeness (QED) is 0.0215. The number of amides is 2. The third-order valence-electron chi connectivity index (χ3n) is 18.7. The number of rotatable bonds is 36. The second-order valence-electron chi connectivity index (χ2n) is 23.4. The number of aromatic nitrogens is 2. The number of hydrogen-bond donors (Lipinski definition) is 4. The molecule has 17 nitrogen and oxygen atoms in total. The zero-order chi connectivity index (χ0) is 53.8. The van der Waals surface area contributed by atoms with Crippen molar-refractivity contribution in [2.45, 2.75) is 187 Å². The SMILES string of the molecule is C=CCN(CC(=O)N(CCCCCCCC)CCC[C@@H](C)[C@H]1CC[C@H]2C3[C@H](OCCCN)CC4C[C@H](OCCCN)CC[C@]4(C)[C@H]3C[C@H](OCCCN)[C@]12C)C(=O)CCCCCNc1ccc([N+](=O)[O-])c2nonc12. The second-order valence-corrected chi connectivity index (χ2v) is 23.4. The summed E-state index contributed by atoms with van der Waals surface area (Å²) < 4.78 is 25.4. The first-order valence-electron chi connectivity index (χ1n) is 29.6. The molecule has 0 aliphatic heterocycles. The molecular weight excluding hydrogens is 951 g/mol. The number of nitrogens with zero attached hydrogens (tertiary/aromatic N) is 5. The van der Waals surface area contributed by atoms with E-state index in [0.717, 1.165) is 90.1 Å². The van der Waals surface area contributed by atoms with E-state index in [2.05, 4.69) is 49.9 Å². The van der Waals surface area contributed by atoms with Crippen LogP contribution in [-0.4, -0.2) is 127 Å². The van der Waals surface area contributed by atoms with Gasteiger partial charge in [-0.15, -0.1) is 6.58 Å². The Morgan fingerprint density at radius 3 is 2.27 bits per heavy atom. The van der Waals surface area contributed by atoms with E-state index in [9.17, 15) is 19.7 Å². The number of carbonyl (C=O) groups excluding carboxylic acids is 2. The van der Waals surface area contributed by atoms with Gasteiger partial charge in [-0.2, -0.15) is 0 Å². The lowest BCUT2D eigenvalue weighted by Crippen LogP contribution is -2.63. The van der Waals surface area contributed by atoms with Gasteiger partial charge in [0.15, 0.2) is 5.52 Å². The molecule has 4 fully saturated rings. The largest absolute Gasteiger partial charge is 0.383 e. The fourth-order valence-corrected chi connectivity index (χ4v) is 14.6. The summed E-state index contributed by atoms with van der Waals surface area (Å²) in [5.74, 6) is 2.90. The van der Waals surface area contributed by atoms with Crippen LogP contribution in [0.25, 0.3) is 11.0 Å². The molecule has 17 heteroatoms. The summed E-state index contributed by atoms with van der Waals surface area (Å²) in [4.78, 5) is 42.7. The molecule has 6 rings (SSSR count). The number of benzene rings is 1. The molecule has 4 saturated carbocycles. The maximum Gasteiger partial charge on any atom is 0.300 e. The summed E-state index contributed by atoms with van der Waals surface area (Å²) in [6.45, 7) is 20.2. The molecule has 424 valence electrons. The Labute approximate surface area is 449 Å². The number of fused-ring (bicyclic) bond motifs is 6. The van der Waals surface area contributed by atoms with Gasteiger partial charge in [0.05, 0.1) is 28.9 Å². The van der Waals surface area contributed by atoms with E-state index in [-0.39, 0.29) is 58.7 Å². The lowest BCUT2D eigenvalue weighted by atomic mass is 9.43. The highest BCUT2D eigenvalue weighted by molar-refractivity contribution is 5.93. The van der Waals surface area contributed by atoms with Crippen LogP contribution in [0, 0.1) is 56.5 Å². The van der Waals surface area contributed by atoms with Gasteiger partial charge < -0.3 is 46.5 Å². The van der Waals surface area contributed by atoms with Crippen molar-refractivity contribution in [1.29, 1.82) is 0 Å². The second kappa shape index (κ2) is 30.4. The van der Waals surface area contributed by atoms with Crippen LogP contribution in [0.4, 0.5) is 11.4 Å². The molecule has 75 heavy (non-hydrogen) atoms. The molecule has 2 aromatic rings. The Morgan fingerprint density at radius 2 is 1.53 bits per heavy atom. The topological polar surface area (TPSA) is 240 Å². The van der Waals surface area contributed by atoms with Crippen molar-refractivity contribution in [1.82, 2.24) is 20.1 Å². The molecule has 1 aromatic heterocycles. The first kappa shape index (κ1) is 60.5. The molecule has 4 aliphatic carbocycles. The van der Waals surface area contributed by atoms with Crippen molar-refractivity contribution in [3.05, 3.63) is 34.9 Å². The monoisotopic (exact) mass is 1050 g/mol. The maximum absolute atomic E-state index is 14.4. The van der Waals surface area contributed by atoms with E-state index in [1.54, 1.807) is 17.0 Å². The average Bonchev–Trinajstić information content (AvgIpc) is 4.04. The van der Waals surface area contributed by atoms with Crippen molar-refractivity contribution in [2.75, 3.05) is 77.5 Å². The fraction of sp³-hybridized carbons (Fsp3) is 0.828. The zero-order valence-electron chi connectivity index (χ0n) is 46.7. The van der Waals surface area contributed by atoms with E-state index < -0.39 is 4.92 Å². The third-order valence-corrected chi connectivity index (χ3v) is 18.7. The van der Waals surface area contributed by atoms with Crippen molar-refractivity contribution in [3.63, 3.8) is 0 Å².